The molecule has 0 aromatic heterocycles. The van der Waals surface area contributed by atoms with Gasteiger partial charge in [-0.2, -0.15) is 0 Å². The lowest BCUT2D eigenvalue weighted by Gasteiger charge is -2.36. The lowest BCUT2D eigenvalue weighted by molar-refractivity contribution is 0.302. The van der Waals surface area contributed by atoms with Gasteiger partial charge in [0, 0.05) is 17.9 Å². The molecule has 1 aromatic rings. The van der Waals surface area contributed by atoms with Crippen LogP contribution in [0.1, 0.15) is 12.5 Å². The number of benzene rings is 1. The zero-order chi connectivity index (χ0) is 13.9. The number of rotatable bonds is 4. The number of thioether (sulfide) groups is 1. The Morgan fingerprint density at radius 3 is 3.00 bits per heavy atom. The van der Waals surface area contributed by atoms with Crippen molar-refractivity contribution in [1.82, 2.24) is 4.90 Å². The third-order valence-electron chi connectivity index (χ3n) is 3.20. The van der Waals surface area contributed by atoms with Crippen LogP contribution < -0.4 is 10.5 Å². The molecule has 0 radical (unpaired) electrons. The first-order valence-electron chi connectivity index (χ1n) is 6.09. The van der Waals surface area contributed by atoms with E-state index >= 15 is 0 Å². The second kappa shape index (κ2) is 6.20. The molecule has 1 heterocycles. The van der Waals surface area contributed by atoms with Gasteiger partial charge < -0.3 is 15.4 Å². The molecule has 19 heavy (non-hydrogen) atoms. The quantitative estimate of drug-likeness (QED) is 0.683. The Labute approximate surface area is 128 Å². The minimum absolute atomic E-state index is 0.269. The molecule has 3 nitrogen and oxygen atoms in total. The van der Waals surface area contributed by atoms with Crippen LogP contribution in [0, 0.1) is 0 Å². The van der Waals surface area contributed by atoms with Crippen molar-refractivity contribution in [1.29, 1.82) is 0 Å². The van der Waals surface area contributed by atoms with Gasteiger partial charge in [-0.15, -0.1) is 23.4 Å². The summed E-state index contributed by atoms with van der Waals surface area (Å²) in [7, 11) is 0. The van der Waals surface area contributed by atoms with Crippen LogP contribution in [0.3, 0.4) is 0 Å². The summed E-state index contributed by atoms with van der Waals surface area (Å²) in [6.45, 7) is 3.49. The third-order valence-corrected chi connectivity index (χ3v) is 4.96. The summed E-state index contributed by atoms with van der Waals surface area (Å²) in [4.78, 5) is 1.78. The predicted octanol–water partition coefficient (Wildman–Crippen LogP) is 2.77. The highest BCUT2D eigenvalue weighted by molar-refractivity contribution is 8.00. The molecule has 1 unspecified atom stereocenters. The van der Waals surface area contributed by atoms with E-state index in [4.69, 9.17) is 34.3 Å². The number of hydrogen-bond acceptors (Lipinski definition) is 3. The van der Waals surface area contributed by atoms with Gasteiger partial charge >= 0.3 is 0 Å². The van der Waals surface area contributed by atoms with Crippen LogP contribution in [0.15, 0.2) is 24.3 Å². The maximum atomic E-state index is 5.84. The molecule has 0 bridgehead atoms. The molecule has 1 aromatic carbocycles. The molecule has 1 aliphatic rings. The fraction of sp³-hybridized carbons (Fsp3) is 0.462. The summed E-state index contributed by atoms with van der Waals surface area (Å²) in [5.41, 5.74) is 6.94. The van der Waals surface area contributed by atoms with Gasteiger partial charge in [-0.3, -0.25) is 0 Å². The summed E-state index contributed by atoms with van der Waals surface area (Å²) >= 11 is 12.7. The summed E-state index contributed by atoms with van der Waals surface area (Å²) in [6.07, 6.45) is 0. The largest absolute Gasteiger partial charge is 0.492 e. The van der Waals surface area contributed by atoms with E-state index in [0.717, 1.165) is 23.6 Å². The lowest BCUT2D eigenvalue weighted by Crippen LogP contribution is -2.44. The van der Waals surface area contributed by atoms with E-state index in [1.54, 1.807) is 0 Å². The molecule has 104 valence electrons. The number of hydrogen-bond donors (Lipinski definition) is 1. The number of ether oxygens (including phenoxy) is 1. The Morgan fingerprint density at radius 2 is 2.32 bits per heavy atom. The Hall–Kier alpha value is -0.650. The lowest BCUT2D eigenvalue weighted by atomic mass is 10.1. The maximum absolute atomic E-state index is 5.84. The average Bonchev–Trinajstić information content (AvgIpc) is 2.80. The van der Waals surface area contributed by atoms with Crippen molar-refractivity contribution in [2.24, 2.45) is 5.73 Å². The van der Waals surface area contributed by atoms with Gasteiger partial charge in [0.2, 0.25) is 0 Å². The van der Waals surface area contributed by atoms with Gasteiger partial charge in [-0.05, 0) is 25.2 Å². The Kier molecular flexibility index (Phi) is 4.81. The number of para-hydroxylation sites is 1. The highest BCUT2D eigenvalue weighted by Gasteiger charge is 2.41. The number of nitrogens with zero attached hydrogens (tertiary/aromatic N) is 1. The number of alkyl halides is 1. The van der Waals surface area contributed by atoms with Gasteiger partial charge in [-0.25, -0.2) is 0 Å². The van der Waals surface area contributed by atoms with Crippen LogP contribution in [-0.4, -0.2) is 34.8 Å². The number of nitrogens with two attached hydrogens (primary N) is 1. The third kappa shape index (κ3) is 2.93. The van der Waals surface area contributed by atoms with Crippen LogP contribution in [0.5, 0.6) is 5.75 Å². The fourth-order valence-electron chi connectivity index (χ4n) is 2.29. The van der Waals surface area contributed by atoms with Crippen molar-refractivity contribution < 1.29 is 4.74 Å². The molecule has 1 atom stereocenters. The van der Waals surface area contributed by atoms with E-state index in [0.29, 0.717) is 17.6 Å². The van der Waals surface area contributed by atoms with Crippen molar-refractivity contribution >= 4 is 40.7 Å². The monoisotopic (exact) mass is 316 g/mol. The zero-order valence-corrected chi connectivity index (χ0v) is 13.2. The van der Waals surface area contributed by atoms with Crippen LogP contribution in [0.25, 0.3) is 0 Å². The Bertz CT molecular complexity index is 472. The molecule has 1 fully saturated rings. The maximum Gasteiger partial charge on any atom is 0.167 e. The first-order chi connectivity index (χ1) is 9.09. The van der Waals surface area contributed by atoms with Crippen molar-refractivity contribution in [3.05, 3.63) is 29.8 Å². The van der Waals surface area contributed by atoms with E-state index in [9.17, 15) is 0 Å². The van der Waals surface area contributed by atoms with Gasteiger partial charge in [0.05, 0.1) is 5.88 Å². The Balaban J connectivity index is 2.36. The van der Waals surface area contributed by atoms with E-state index in [1.807, 2.05) is 30.0 Å². The van der Waals surface area contributed by atoms with Crippen LogP contribution in [-0.2, 0) is 4.87 Å². The molecule has 0 spiro atoms. The van der Waals surface area contributed by atoms with Crippen molar-refractivity contribution in [2.45, 2.75) is 11.8 Å². The topological polar surface area (TPSA) is 38.5 Å². The minimum atomic E-state index is -0.269. The first kappa shape index (κ1) is 14.8. The second-order valence-electron chi connectivity index (χ2n) is 4.35. The normalized spacial score (nSPS) is 22.5. The SMILES string of the molecule is CC1(c2ccccc2OCCCl)SCCN1C(N)=S. The second-order valence-corrected chi connectivity index (χ2v) is 6.64. The molecule has 6 heteroatoms. The standard InChI is InChI=1S/C13H17ClN2OS2/c1-13(16(12(15)18)7-9-19-13)10-4-2-3-5-11(10)17-8-6-14/h2-5H,6-9H2,1H3,(H2,15,18). The van der Waals surface area contributed by atoms with Crippen molar-refractivity contribution in [3.8, 4) is 5.75 Å². The van der Waals surface area contributed by atoms with E-state index in [1.165, 1.54) is 0 Å². The molecule has 2 rings (SSSR count). The number of halogens is 1. The fourth-order valence-corrected chi connectivity index (χ4v) is 4.04. The Morgan fingerprint density at radius 1 is 1.58 bits per heavy atom. The van der Waals surface area contributed by atoms with E-state index < -0.39 is 0 Å². The molecule has 0 aliphatic carbocycles. The van der Waals surface area contributed by atoms with E-state index in [2.05, 4.69) is 17.9 Å². The van der Waals surface area contributed by atoms with Crippen LogP contribution in [0.2, 0.25) is 0 Å². The van der Waals surface area contributed by atoms with Gasteiger partial charge in [-0.1, -0.05) is 18.2 Å². The van der Waals surface area contributed by atoms with Crippen LogP contribution >= 0.6 is 35.6 Å². The summed E-state index contributed by atoms with van der Waals surface area (Å²) in [5.74, 6) is 2.32. The highest BCUT2D eigenvalue weighted by atomic mass is 35.5. The average molecular weight is 317 g/mol. The van der Waals surface area contributed by atoms with Crippen LogP contribution in [0.4, 0.5) is 0 Å². The zero-order valence-electron chi connectivity index (χ0n) is 10.8. The summed E-state index contributed by atoms with van der Waals surface area (Å²) < 4.78 is 5.74. The van der Waals surface area contributed by atoms with Gasteiger partial charge in [0.15, 0.2) is 5.11 Å². The van der Waals surface area contributed by atoms with Crippen molar-refractivity contribution in [3.63, 3.8) is 0 Å². The molecule has 0 amide bonds. The van der Waals surface area contributed by atoms with E-state index in [-0.39, 0.29) is 4.87 Å². The molecular formula is C13H17ClN2OS2. The van der Waals surface area contributed by atoms with Crippen molar-refractivity contribution in [2.75, 3.05) is 24.8 Å². The molecule has 2 N–H and O–H groups in total. The molecule has 1 saturated heterocycles. The highest BCUT2D eigenvalue weighted by Crippen LogP contribution is 2.47. The molecule has 0 saturated carbocycles. The number of thiocarbonyl (C=S) groups is 1. The molecule has 1 aliphatic heterocycles. The van der Waals surface area contributed by atoms with Gasteiger partial charge in [0.1, 0.15) is 17.2 Å². The smallest absolute Gasteiger partial charge is 0.167 e. The van der Waals surface area contributed by atoms with Gasteiger partial charge in [0.25, 0.3) is 0 Å². The minimum Gasteiger partial charge on any atom is -0.492 e. The summed E-state index contributed by atoms with van der Waals surface area (Å²) in [5, 5.41) is 0.430. The molecular weight excluding hydrogens is 300 g/mol. The summed E-state index contributed by atoms with van der Waals surface area (Å²) in [6, 6.07) is 7.99. The predicted molar refractivity (Wildman–Crippen MR) is 86.0 cm³/mol. The first-order valence-corrected chi connectivity index (χ1v) is 8.01.